The molecule has 0 bridgehead atoms. The lowest BCUT2D eigenvalue weighted by Crippen LogP contribution is -2.35. The molecule has 0 aliphatic heterocycles. The Morgan fingerprint density at radius 2 is 2.24 bits per heavy atom. The third-order valence-corrected chi connectivity index (χ3v) is 3.33. The smallest absolute Gasteiger partial charge is 0.257 e. The number of amides is 1. The van der Waals surface area contributed by atoms with Crippen molar-refractivity contribution in [1.82, 2.24) is 4.90 Å². The molecule has 0 radical (unpaired) electrons. The molecule has 0 unspecified atom stereocenters. The average molecular weight is 321 g/mol. The number of carbonyl (C=O) groups is 1. The van der Waals surface area contributed by atoms with E-state index in [0.29, 0.717) is 16.9 Å². The van der Waals surface area contributed by atoms with E-state index in [4.69, 9.17) is 11.6 Å². The first-order chi connectivity index (χ1) is 8.13. The summed E-state index contributed by atoms with van der Waals surface area (Å²) in [5.74, 6) is -0.802. The van der Waals surface area contributed by atoms with Crippen LogP contribution in [0.25, 0.3) is 0 Å². The van der Waals surface area contributed by atoms with E-state index in [1.807, 2.05) is 0 Å². The molecular weight excluding hydrogens is 308 g/mol. The molecule has 0 spiro atoms. The van der Waals surface area contributed by atoms with Crippen LogP contribution >= 0.6 is 27.5 Å². The standard InChI is InChI=1S/C12H12BrClFNO/c13-5-6-16(9-2-3-9)12(17)10-4-1-8(14)7-11(10)15/h1,4,7,9H,2-3,5-6H2. The van der Waals surface area contributed by atoms with E-state index in [2.05, 4.69) is 15.9 Å². The van der Waals surface area contributed by atoms with Crippen LogP contribution in [-0.4, -0.2) is 28.7 Å². The van der Waals surface area contributed by atoms with Gasteiger partial charge in [0.15, 0.2) is 0 Å². The Morgan fingerprint density at radius 1 is 1.53 bits per heavy atom. The molecule has 0 atom stereocenters. The summed E-state index contributed by atoms with van der Waals surface area (Å²) in [6.07, 6.45) is 2.02. The molecule has 0 heterocycles. The fourth-order valence-corrected chi connectivity index (χ4v) is 2.29. The monoisotopic (exact) mass is 319 g/mol. The van der Waals surface area contributed by atoms with Gasteiger partial charge in [0.05, 0.1) is 5.56 Å². The van der Waals surface area contributed by atoms with E-state index in [0.717, 1.165) is 12.8 Å². The summed E-state index contributed by atoms with van der Waals surface area (Å²) in [7, 11) is 0. The van der Waals surface area contributed by atoms with E-state index in [-0.39, 0.29) is 17.5 Å². The zero-order chi connectivity index (χ0) is 12.4. The molecule has 1 fully saturated rings. The maximum absolute atomic E-state index is 13.6. The molecule has 17 heavy (non-hydrogen) atoms. The summed E-state index contributed by atoms with van der Waals surface area (Å²) in [5, 5.41) is 1.00. The van der Waals surface area contributed by atoms with Gasteiger partial charge in [-0.25, -0.2) is 4.39 Å². The number of carbonyl (C=O) groups excluding carboxylic acids is 1. The first kappa shape index (κ1) is 12.8. The first-order valence-electron chi connectivity index (χ1n) is 5.45. The lowest BCUT2D eigenvalue weighted by molar-refractivity contribution is 0.0750. The SMILES string of the molecule is O=C(c1ccc(Cl)cc1F)N(CCBr)C1CC1. The lowest BCUT2D eigenvalue weighted by Gasteiger charge is -2.21. The van der Waals surface area contributed by atoms with Crippen LogP contribution in [0, 0.1) is 5.82 Å². The van der Waals surface area contributed by atoms with E-state index >= 15 is 0 Å². The molecule has 1 aromatic carbocycles. The van der Waals surface area contributed by atoms with E-state index in [1.54, 1.807) is 4.90 Å². The third kappa shape index (κ3) is 2.99. The van der Waals surface area contributed by atoms with Crippen LogP contribution in [0.2, 0.25) is 5.02 Å². The van der Waals surface area contributed by atoms with Crippen molar-refractivity contribution in [2.24, 2.45) is 0 Å². The van der Waals surface area contributed by atoms with E-state index in [1.165, 1.54) is 18.2 Å². The molecule has 0 saturated heterocycles. The summed E-state index contributed by atoms with van der Waals surface area (Å²) in [5.41, 5.74) is 0.0993. The summed E-state index contributed by atoms with van der Waals surface area (Å²) in [6.45, 7) is 0.603. The lowest BCUT2D eigenvalue weighted by atomic mass is 10.2. The van der Waals surface area contributed by atoms with Crippen molar-refractivity contribution in [3.05, 3.63) is 34.6 Å². The van der Waals surface area contributed by atoms with Crippen molar-refractivity contribution in [3.63, 3.8) is 0 Å². The zero-order valence-corrected chi connectivity index (χ0v) is 11.5. The van der Waals surface area contributed by atoms with Crippen molar-refractivity contribution < 1.29 is 9.18 Å². The molecule has 2 nitrogen and oxygen atoms in total. The maximum atomic E-state index is 13.6. The topological polar surface area (TPSA) is 20.3 Å². The molecule has 1 aliphatic carbocycles. The van der Waals surface area contributed by atoms with Gasteiger partial charge in [-0.1, -0.05) is 27.5 Å². The van der Waals surface area contributed by atoms with Crippen LogP contribution < -0.4 is 0 Å². The largest absolute Gasteiger partial charge is 0.335 e. The van der Waals surface area contributed by atoms with Crippen LogP contribution in [-0.2, 0) is 0 Å². The Kier molecular flexibility index (Phi) is 4.05. The van der Waals surface area contributed by atoms with Gasteiger partial charge in [0, 0.05) is 22.9 Å². The average Bonchev–Trinajstić information content (AvgIpc) is 3.09. The molecule has 5 heteroatoms. The van der Waals surface area contributed by atoms with Crippen molar-refractivity contribution >= 4 is 33.4 Å². The van der Waals surface area contributed by atoms with Gasteiger partial charge in [0.1, 0.15) is 5.82 Å². The Balaban J connectivity index is 2.22. The highest BCUT2D eigenvalue weighted by Gasteiger charge is 2.33. The highest BCUT2D eigenvalue weighted by Crippen LogP contribution is 2.29. The highest BCUT2D eigenvalue weighted by molar-refractivity contribution is 9.09. The number of halogens is 3. The van der Waals surface area contributed by atoms with Crippen LogP contribution in [0.1, 0.15) is 23.2 Å². The zero-order valence-electron chi connectivity index (χ0n) is 9.13. The van der Waals surface area contributed by atoms with Crippen LogP contribution in [0.4, 0.5) is 4.39 Å². The van der Waals surface area contributed by atoms with E-state index in [9.17, 15) is 9.18 Å². The molecule has 0 N–H and O–H groups in total. The van der Waals surface area contributed by atoms with Gasteiger partial charge in [-0.05, 0) is 31.0 Å². The number of rotatable bonds is 4. The molecule has 2 rings (SSSR count). The van der Waals surface area contributed by atoms with Gasteiger partial charge < -0.3 is 4.90 Å². The summed E-state index contributed by atoms with van der Waals surface area (Å²) >= 11 is 8.97. The number of hydrogen-bond donors (Lipinski definition) is 0. The highest BCUT2D eigenvalue weighted by atomic mass is 79.9. The van der Waals surface area contributed by atoms with Gasteiger partial charge >= 0.3 is 0 Å². The van der Waals surface area contributed by atoms with Crippen LogP contribution in [0.5, 0.6) is 0 Å². The van der Waals surface area contributed by atoms with Gasteiger partial charge in [-0.3, -0.25) is 4.79 Å². The van der Waals surface area contributed by atoms with Gasteiger partial charge in [0.25, 0.3) is 5.91 Å². The molecule has 92 valence electrons. The van der Waals surface area contributed by atoms with Crippen LogP contribution in [0.15, 0.2) is 18.2 Å². The fraction of sp³-hybridized carbons (Fsp3) is 0.417. The van der Waals surface area contributed by atoms with E-state index < -0.39 is 5.82 Å². The van der Waals surface area contributed by atoms with Gasteiger partial charge in [-0.15, -0.1) is 0 Å². The van der Waals surface area contributed by atoms with Crippen LogP contribution in [0.3, 0.4) is 0 Å². The van der Waals surface area contributed by atoms with Gasteiger partial charge in [-0.2, -0.15) is 0 Å². The summed E-state index contributed by atoms with van der Waals surface area (Å²) < 4.78 is 13.6. The van der Waals surface area contributed by atoms with Crippen molar-refractivity contribution in [3.8, 4) is 0 Å². The molecule has 1 aromatic rings. The second-order valence-electron chi connectivity index (χ2n) is 4.04. The minimum absolute atomic E-state index is 0.0993. The summed E-state index contributed by atoms with van der Waals surface area (Å²) in [4.78, 5) is 13.9. The predicted octanol–water partition coefficient (Wildman–Crippen LogP) is 3.48. The quantitative estimate of drug-likeness (QED) is 0.778. The normalized spacial score (nSPS) is 14.8. The Labute approximate surface area is 113 Å². The predicted molar refractivity (Wildman–Crippen MR) is 69.3 cm³/mol. The number of benzene rings is 1. The number of alkyl halides is 1. The molecule has 1 amide bonds. The number of nitrogens with zero attached hydrogens (tertiary/aromatic N) is 1. The summed E-state index contributed by atoms with van der Waals surface area (Å²) in [6, 6.07) is 4.43. The van der Waals surface area contributed by atoms with Crippen molar-refractivity contribution in [2.45, 2.75) is 18.9 Å². The maximum Gasteiger partial charge on any atom is 0.257 e. The van der Waals surface area contributed by atoms with Gasteiger partial charge in [0.2, 0.25) is 0 Å². The van der Waals surface area contributed by atoms with Crippen molar-refractivity contribution in [2.75, 3.05) is 11.9 Å². The molecule has 1 saturated carbocycles. The molecular formula is C12H12BrClFNO. The molecule has 0 aromatic heterocycles. The minimum Gasteiger partial charge on any atom is -0.335 e. The second kappa shape index (κ2) is 5.36. The minimum atomic E-state index is -0.553. The van der Waals surface area contributed by atoms with Crippen molar-refractivity contribution in [1.29, 1.82) is 0 Å². The fourth-order valence-electron chi connectivity index (χ4n) is 1.74. The Morgan fingerprint density at radius 3 is 2.76 bits per heavy atom. The second-order valence-corrected chi connectivity index (χ2v) is 5.27. The third-order valence-electron chi connectivity index (χ3n) is 2.74. The first-order valence-corrected chi connectivity index (χ1v) is 6.95. The Hall–Kier alpha value is -0.610. The molecule has 1 aliphatic rings. The number of hydrogen-bond acceptors (Lipinski definition) is 1. The Bertz CT molecular complexity index is 437.